The maximum atomic E-state index is 13.4. The SMILES string of the molecule is CCC1COC(C)CN1S(=O)(=O)c1cc(F)ccc1CO. The number of halogens is 1. The molecule has 1 aromatic rings. The molecule has 0 saturated carbocycles. The third-order valence-corrected chi connectivity index (χ3v) is 5.68. The zero-order valence-corrected chi connectivity index (χ0v) is 12.9. The van der Waals surface area contributed by atoms with E-state index in [0.717, 1.165) is 12.1 Å². The molecule has 7 heteroatoms. The van der Waals surface area contributed by atoms with Crippen molar-refractivity contribution in [1.82, 2.24) is 4.31 Å². The van der Waals surface area contributed by atoms with E-state index in [2.05, 4.69) is 0 Å². The van der Waals surface area contributed by atoms with Crippen molar-refractivity contribution < 1.29 is 22.7 Å². The summed E-state index contributed by atoms with van der Waals surface area (Å²) in [4.78, 5) is -0.169. The van der Waals surface area contributed by atoms with Crippen LogP contribution in [0.2, 0.25) is 0 Å². The van der Waals surface area contributed by atoms with Gasteiger partial charge in [0, 0.05) is 12.6 Å². The summed E-state index contributed by atoms with van der Waals surface area (Å²) in [5.41, 5.74) is 0.199. The maximum absolute atomic E-state index is 13.4. The minimum absolute atomic E-state index is 0.169. The van der Waals surface area contributed by atoms with E-state index in [4.69, 9.17) is 4.74 Å². The van der Waals surface area contributed by atoms with E-state index >= 15 is 0 Å². The number of aliphatic hydroxyl groups is 1. The molecular formula is C14H20FNO4S. The highest BCUT2D eigenvalue weighted by Crippen LogP contribution is 2.27. The van der Waals surface area contributed by atoms with E-state index in [1.807, 2.05) is 6.92 Å². The van der Waals surface area contributed by atoms with E-state index < -0.39 is 22.4 Å². The topological polar surface area (TPSA) is 66.8 Å². The van der Waals surface area contributed by atoms with Gasteiger partial charge in [-0.05, 0) is 31.0 Å². The molecule has 21 heavy (non-hydrogen) atoms. The summed E-state index contributed by atoms with van der Waals surface area (Å²) in [6.45, 7) is 3.77. The lowest BCUT2D eigenvalue weighted by Crippen LogP contribution is -2.51. The standard InChI is InChI=1S/C14H20FNO4S/c1-3-13-9-20-10(2)7-16(13)21(18,19)14-6-12(15)5-4-11(14)8-17/h4-6,10,13,17H,3,7-9H2,1-2H3. The van der Waals surface area contributed by atoms with Crippen LogP contribution in [0.4, 0.5) is 4.39 Å². The van der Waals surface area contributed by atoms with Crippen LogP contribution in [0.3, 0.4) is 0 Å². The Morgan fingerprint density at radius 1 is 1.48 bits per heavy atom. The van der Waals surface area contributed by atoms with Crippen molar-refractivity contribution in [2.75, 3.05) is 13.2 Å². The monoisotopic (exact) mass is 317 g/mol. The van der Waals surface area contributed by atoms with Crippen LogP contribution in [0, 0.1) is 5.82 Å². The van der Waals surface area contributed by atoms with Gasteiger partial charge >= 0.3 is 0 Å². The quantitative estimate of drug-likeness (QED) is 0.914. The van der Waals surface area contributed by atoms with Crippen LogP contribution in [0.25, 0.3) is 0 Å². The van der Waals surface area contributed by atoms with Gasteiger partial charge in [0.25, 0.3) is 0 Å². The third-order valence-electron chi connectivity index (χ3n) is 3.67. The molecule has 0 bridgehead atoms. The van der Waals surface area contributed by atoms with Gasteiger partial charge in [0.05, 0.1) is 24.2 Å². The van der Waals surface area contributed by atoms with Gasteiger partial charge in [-0.2, -0.15) is 4.31 Å². The molecule has 2 rings (SSSR count). The van der Waals surface area contributed by atoms with Crippen molar-refractivity contribution in [3.05, 3.63) is 29.6 Å². The van der Waals surface area contributed by atoms with Gasteiger partial charge in [-0.1, -0.05) is 13.0 Å². The smallest absolute Gasteiger partial charge is 0.243 e. The highest BCUT2D eigenvalue weighted by atomic mass is 32.2. The lowest BCUT2D eigenvalue weighted by Gasteiger charge is -2.37. The number of rotatable bonds is 4. The van der Waals surface area contributed by atoms with Crippen LogP contribution in [0.5, 0.6) is 0 Å². The average molecular weight is 317 g/mol. The van der Waals surface area contributed by atoms with Gasteiger partial charge in [-0.25, -0.2) is 12.8 Å². The molecule has 1 fully saturated rings. The summed E-state index contributed by atoms with van der Waals surface area (Å²) in [6.07, 6.45) is 0.393. The molecule has 1 N–H and O–H groups in total. The number of ether oxygens (including phenoxy) is 1. The maximum Gasteiger partial charge on any atom is 0.243 e. The normalized spacial score (nSPS) is 24.2. The number of nitrogens with zero attached hydrogens (tertiary/aromatic N) is 1. The Morgan fingerprint density at radius 3 is 2.81 bits per heavy atom. The third kappa shape index (κ3) is 3.26. The summed E-state index contributed by atoms with van der Waals surface area (Å²) in [5.74, 6) is -0.639. The number of hydrogen-bond acceptors (Lipinski definition) is 4. The Hall–Kier alpha value is -1.02. The fraction of sp³-hybridized carbons (Fsp3) is 0.571. The molecule has 1 aliphatic heterocycles. The van der Waals surface area contributed by atoms with Crippen LogP contribution < -0.4 is 0 Å². The van der Waals surface area contributed by atoms with Crippen LogP contribution in [-0.4, -0.2) is 43.1 Å². The molecule has 118 valence electrons. The van der Waals surface area contributed by atoms with Crippen LogP contribution in [0.1, 0.15) is 25.8 Å². The molecule has 0 aliphatic carbocycles. The summed E-state index contributed by atoms with van der Waals surface area (Å²) in [6, 6.07) is 3.13. The number of morpholine rings is 1. The Labute approximate surface area is 124 Å². The molecular weight excluding hydrogens is 297 g/mol. The second-order valence-electron chi connectivity index (χ2n) is 5.19. The Bertz CT molecular complexity index is 605. The first-order valence-electron chi connectivity index (χ1n) is 6.92. The van der Waals surface area contributed by atoms with Crippen molar-refractivity contribution in [3.8, 4) is 0 Å². The molecule has 2 atom stereocenters. The number of sulfonamides is 1. The molecule has 2 unspecified atom stereocenters. The Morgan fingerprint density at radius 2 is 2.19 bits per heavy atom. The van der Waals surface area contributed by atoms with E-state index in [1.165, 1.54) is 10.4 Å². The number of aliphatic hydroxyl groups excluding tert-OH is 1. The summed E-state index contributed by atoms with van der Waals surface area (Å²) < 4.78 is 46.0. The summed E-state index contributed by atoms with van der Waals surface area (Å²) in [7, 11) is -3.87. The molecule has 1 aromatic carbocycles. The van der Waals surface area contributed by atoms with Crippen molar-refractivity contribution >= 4 is 10.0 Å². The minimum Gasteiger partial charge on any atom is -0.392 e. The molecule has 1 saturated heterocycles. The van der Waals surface area contributed by atoms with Crippen molar-refractivity contribution in [2.24, 2.45) is 0 Å². The molecule has 1 heterocycles. The fourth-order valence-electron chi connectivity index (χ4n) is 2.45. The number of benzene rings is 1. The van der Waals surface area contributed by atoms with E-state index in [9.17, 15) is 17.9 Å². The summed E-state index contributed by atoms with van der Waals surface area (Å²) in [5, 5.41) is 9.32. The fourth-order valence-corrected chi connectivity index (χ4v) is 4.44. The Balaban J connectivity index is 2.47. The largest absolute Gasteiger partial charge is 0.392 e. The Kier molecular flexibility index (Phi) is 4.98. The predicted molar refractivity (Wildman–Crippen MR) is 75.7 cm³/mol. The van der Waals surface area contributed by atoms with Gasteiger partial charge in [0.2, 0.25) is 10.0 Å². The molecule has 1 aliphatic rings. The van der Waals surface area contributed by atoms with Crippen LogP contribution in [-0.2, 0) is 21.4 Å². The van der Waals surface area contributed by atoms with Crippen molar-refractivity contribution in [3.63, 3.8) is 0 Å². The van der Waals surface area contributed by atoms with Gasteiger partial charge in [-0.15, -0.1) is 0 Å². The lowest BCUT2D eigenvalue weighted by atomic mass is 10.2. The minimum atomic E-state index is -3.87. The summed E-state index contributed by atoms with van der Waals surface area (Å²) >= 11 is 0. The van der Waals surface area contributed by atoms with Gasteiger partial charge < -0.3 is 9.84 Å². The zero-order valence-electron chi connectivity index (χ0n) is 12.1. The molecule has 0 aromatic heterocycles. The van der Waals surface area contributed by atoms with Crippen LogP contribution in [0.15, 0.2) is 23.1 Å². The molecule has 5 nitrogen and oxygen atoms in total. The van der Waals surface area contributed by atoms with Crippen LogP contribution >= 0.6 is 0 Å². The van der Waals surface area contributed by atoms with E-state index in [0.29, 0.717) is 13.0 Å². The predicted octanol–water partition coefficient (Wildman–Crippen LogP) is 1.51. The van der Waals surface area contributed by atoms with Gasteiger partial charge in [0.15, 0.2) is 0 Å². The lowest BCUT2D eigenvalue weighted by molar-refractivity contribution is -0.0230. The second kappa shape index (κ2) is 6.39. The molecule has 0 amide bonds. The highest BCUT2D eigenvalue weighted by molar-refractivity contribution is 7.89. The van der Waals surface area contributed by atoms with E-state index in [1.54, 1.807) is 6.92 Å². The van der Waals surface area contributed by atoms with Gasteiger partial charge in [0.1, 0.15) is 5.82 Å². The second-order valence-corrected chi connectivity index (χ2v) is 7.05. The first kappa shape index (κ1) is 16.4. The van der Waals surface area contributed by atoms with Crippen molar-refractivity contribution in [2.45, 2.75) is 43.9 Å². The van der Waals surface area contributed by atoms with Crippen molar-refractivity contribution in [1.29, 1.82) is 0 Å². The average Bonchev–Trinajstić information content (AvgIpc) is 2.47. The molecule has 0 spiro atoms. The first-order chi connectivity index (χ1) is 9.90. The van der Waals surface area contributed by atoms with Gasteiger partial charge in [-0.3, -0.25) is 0 Å². The highest BCUT2D eigenvalue weighted by Gasteiger charge is 2.36. The van der Waals surface area contributed by atoms with E-state index in [-0.39, 0.29) is 29.1 Å². The first-order valence-corrected chi connectivity index (χ1v) is 8.36. The zero-order chi connectivity index (χ0) is 15.6. The number of hydrogen-bond donors (Lipinski definition) is 1. The molecule has 0 radical (unpaired) electrons.